The standard InChI is InChI=1S/C15H19NO3/c1-11(17)19-14-10-6-5-9-13(14)15(18)16-12-7-3-2-4-8-12/h5-6,9-10,12H,2-4,7-8H2,1H3,(H,16,18). The van der Waals surface area contributed by atoms with Crippen LogP contribution in [0, 0.1) is 0 Å². The van der Waals surface area contributed by atoms with E-state index in [1.807, 2.05) is 0 Å². The Labute approximate surface area is 113 Å². The SMILES string of the molecule is CC(=O)Oc1ccccc1C(=O)NC1CCCCC1. The number of para-hydroxylation sites is 1. The van der Waals surface area contributed by atoms with Crippen molar-refractivity contribution in [3.05, 3.63) is 29.8 Å². The Morgan fingerprint density at radius 1 is 1.16 bits per heavy atom. The molecular formula is C15H19NO3. The van der Waals surface area contributed by atoms with E-state index in [-0.39, 0.29) is 11.9 Å². The van der Waals surface area contributed by atoms with E-state index in [9.17, 15) is 9.59 Å². The Kier molecular flexibility index (Phi) is 4.55. The summed E-state index contributed by atoms with van der Waals surface area (Å²) in [6.07, 6.45) is 5.63. The van der Waals surface area contributed by atoms with Gasteiger partial charge in [-0.15, -0.1) is 0 Å². The quantitative estimate of drug-likeness (QED) is 0.672. The van der Waals surface area contributed by atoms with Gasteiger partial charge in [0.2, 0.25) is 0 Å². The molecule has 1 aliphatic carbocycles. The van der Waals surface area contributed by atoms with Crippen molar-refractivity contribution >= 4 is 11.9 Å². The molecule has 2 rings (SSSR count). The van der Waals surface area contributed by atoms with Crippen molar-refractivity contribution in [1.29, 1.82) is 0 Å². The molecule has 0 aliphatic heterocycles. The summed E-state index contributed by atoms with van der Waals surface area (Å²) in [4.78, 5) is 23.2. The van der Waals surface area contributed by atoms with Crippen molar-refractivity contribution < 1.29 is 14.3 Å². The second-order valence-corrected chi connectivity index (χ2v) is 4.90. The molecule has 0 bridgehead atoms. The highest BCUT2D eigenvalue weighted by molar-refractivity contribution is 5.97. The molecule has 4 nitrogen and oxygen atoms in total. The third-order valence-corrected chi connectivity index (χ3v) is 3.33. The number of carbonyl (C=O) groups is 2. The summed E-state index contributed by atoms with van der Waals surface area (Å²) < 4.78 is 5.06. The molecule has 1 aromatic rings. The maximum atomic E-state index is 12.2. The first-order chi connectivity index (χ1) is 9.16. The number of hydrogen-bond donors (Lipinski definition) is 1. The predicted molar refractivity (Wildman–Crippen MR) is 72.1 cm³/mol. The summed E-state index contributed by atoms with van der Waals surface area (Å²) in [5.74, 6) is -0.259. The van der Waals surface area contributed by atoms with Gasteiger partial charge >= 0.3 is 5.97 Å². The molecule has 4 heteroatoms. The molecule has 1 fully saturated rings. The summed E-state index contributed by atoms with van der Waals surface area (Å²) in [7, 11) is 0. The van der Waals surface area contributed by atoms with Crippen LogP contribution in [0.5, 0.6) is 5.75 Å². The van der Waals surface area contributed by atoms with Gasteiger partial charge in [0.15, 0.2) is 0 Å². The van der Waals surface area contributed by atoms with Gasteiger partial charge in [-0.2, -0.15) is 0 Å². The minimum atomic E-state index is -0.419. The Bertz CT molecular complexity index is 464. The summed E-state index contributed by atoms with van der Waals surface area (Å²) in [5, 5.41) is 3.02. The lowest BCUT2D eigenvalue weighted by molar-refractivity contribution is -0.131. The van der Waals surface area contributed by atoms with Gasteiger partial charge in [0, 0.05) is 13.0 Å². The molecule has 19 heavy (non-hydrogen) atoms. The van der Waals surface area contributed by atoms with Crippen LogP contribution in [0.2, 0.25) is 0 Å². The zero-order valence-electron chi connectivity index (χ0n) is 11.1. The number of hydrogen-bond acceptors (Lipinski definition) is 3. The van der Waals surface area contributed by atoms with Crippen LogP contribution >= 0.6 is 0 Å². The minimum absolute atomic E-state index is 0.163. The number of carbonyl (C=O) groups excluding carboxylic acids is 2. The second kappa shape index (κ2) is 6.36. The lowest BCUT2D eigenvalue weighted by Gasteiger charge is -2.23. The number of ether oxygens (including phenoxy) is 1. The van der Waals surface area contributed by atoms with E-state index < -0.39 is 5.97 Å². The van der Waals surface area contributed by atoms with Gasteiger partial charge in [0.25, 0.3) is 5.91 Å². The smallest absolute Gasteiger partial charge is 0.308 e. The number of rotatable bonds is 3. The van der Waals surface area contributed by atoms with Crippen LogP contribution in [-0.4, -0.2) is 17.9 Å². The van der Waals surface area contributed by atoms with Crippen molar-refractivity contribution in [2.45, 2.75) is 45.1 Å². The molecule has 0 atom stereocenters. The maximum absolute atomic E-state index is 12.2. The zero-order valence-corrected chi connectivity index (χ0v) is 11.1. The molecule has 0 saturated heterocycles. The lowest BCUT2D eigenvalue weighted by atomic mass is 9.95. The Balaban J connectivity index is 2.07. The summed E-state index contributed by atoms with van der Waals surface area (Å²) >= 11 is 0. The molecule has 0 heterocycles. The fraction of sp³-hybridized carbons (Fsp3) is 0.467. The second-order valence-electron chi connectivity index (χ2n) is 4.90. The van der Waals surface area contributed by atoms with Crippen molar-refractivity contribution in [1.82, 2.24) is 5.32 Å². The van der Waals surface area contributed by atoms with E-state index in [1.165, 1.54) is 13.3 Å². The molecule has 1 aromatic carbocycles. The summed E-state index contributed by atoms with van der Waals surface area (Å²) in [5.41, 5.74) is 0.420. The van der Waals surface area contributed by atoms with Crippen LogP contribution in [0.4, 0.5) is 0 Å². The fourth-order valence-corrected chi connectivity index (χ4v) is 2.41. The molecule has 0 radical (unpaired) electrons. The third kappa shape index (κ3) is 3.81. The van der Waals surface area contributed by atoms with Gasteiger partial charge in [0.05, 0.1) is 5.56 Å². The molecule has 1 amide bonds. The lowest BCUT2D eigenvalue weighted by Crippen LogP contribution is -2.36. The van der Waals surface area contributed by atoms with Crippen molar-refractivity contribution in [2.75, 3.05) is 0 Å². The third-order valence-electron chi connectivity index (χ3n) is 3.33. The van der Waals surface area contributed by atoms with Gasteiger partial charge in [-0.25, -0.2) is 0 Å². The fourth-order valence-electron chi connectivity index (χ4n) is 2.41. The number of nitrogens with one attached hydrogen (secondary N) is 1. The number of benzene rings is 1. The van der Waals surface area contributed by atoms with E-state index in [4.69, 9.17) is 4.74 Å². The van der Waals surface area contributed by atoms with Crippen LogP contribution in [0.3, 0.4) is 0 Å². The first-order valence-corrected chi connectivity index (χ1v) is 6.75. The largest absolute Gasteiger partial charge is 0.426 e. The highest BCUT2D eigenvalue weighted by Crippen LogP contribution is 2.21. The number of amides is 1. The van der Waals surface area contributed by atoms with Crippen LogP contribution < -0.4 is 10.1 Å². The topological polar surface area (TPSA) is 55.4 Å². The maximum Gasteiger partial charge on any atom is 0.308 e. The normalized spacial score (nSPS) is 15.8. The van der Waals surface area contributed by atoms with Gasteiger partial charge in [-0.05, 0) is 25.0 Å². The summed E-state index contributed by atoms with van der Waals surface area (Å²) in [6.45, 7) is 1.33. The predicted octanol–water partition coefficient (Wildman–Crippen LogP) is 2.67. The highest BCUT2D eigenvalue weighted by atomic mass is 16.5. The Hall–Kier alpha value is -1.84. The van der Waals surface area contributed by atoms with Crippen LogP contribution in [-0.2, 0) is 4.79 Å². The molecule has 1 saturated carbocycles. The van der Waals surface area contributed by atoms with E-state index >= 15 is 0 Å². The van der Waals surface area contributed by atoms with Crippen molar-refractivity contribution in [2.24, 2.45) is 0 Å². The highest BCUT2D eigenvalue weighted by Gasteiger charge is 2.19. The van der Waals surface area contributed by atoms with Crippen molar-refractivity contribution in [3.8, 4) is 5.75 Å². The van der Waals surface area contributed by atoms with Gasteiger partial charge in [-0.3, -0.25) is 9.59 Å². The van der Waals surface area contributed by atoms with Gasteiger partial charge in [0.1, 0.15) is 5.75 Å². The van der Waals surface area contributed by atoms with Crippen LogP contribution in [0.25, 0.3) is 0 Å². The van der Waals surface area contributed by atoms with Gasteiger partial charge in [-0.1, -0.05) is 31.4 Å². The number of esters is 1. The average Bonchev–Trinajstić information content (AvgIpc) is 2.39. The van der Waals surface area contributed by atoms with Crippen LogP contribution in [0.15, 0.2) is 24.3 Å². The van der Waals surface area contributed by atoms with Crippen molar-refractivity contribution in [3.63, 3.8) is 0 Å². The zero-order chi connectivity index (χ0) is 13.7. The first-order valence-electron chi connectivity index (χ1n) is 6.75. The van der Waals surface area contributed by atoms with Gasteiger partial charge < -0.3 is 10.1 Å². The minimum Gasteiger partial charge on any atom is -0.426 e. The van der Waals surface area contributed by atoms with Crippen LogP contribution in [0.1, 0.15) is 49.4 Å². The summed E-state index contributed by atoms with van der Waals surface area (Å²) in [6, 6.07) is 7.07. The van der Waals surface area contributed by atoms with E-state index in [0.717, 1.165) is 25.7 Å². The first kappa shape index (κ1) is 13.6. The molecule has 102 valence electrons. The van der Waals surface area contributed by atoms with E-state index in [1.54, 1.807) is 24.3 Å². The molecule has 1 aliphatic rings. The average molecular weight is 261 g/mol. The van der Waals surface area contributed by atoms with E-state index in [0.29, 0.717) is 11.3 Å². The Morgan fingerprint density at radius 2 is 1.84 bits per heavy atom. The molecule has 0 spiro atoms. The molecule has 0 unspecified atom stereocenters. The van der Waals surface area contributed by atoms with E-state index in [2.05, 4.69) is 5.32 Å². The molecular weight excluding hydrogens is 242 g/mol. The Morgan fingerprint density at radius 3 is 2.53 bits per heavy atom. The molecule has 1 N–H and O–H groups in total. The monoisotopic (exact) mass is 261 g/mol. The molecule has 0 aromatic heterocycles.